The number of benzene rings is 2. The van der Waals surface area contributed by atoms with E-state index < -0.39 is 23.0 Å². The lowest BCUT2D eigenvalue weighted by Crippen LogP contribution is -2.35. The van der Waals surface area contributed by atoms with Crippen molar-refractivity contribution in [3.05, 3.63) is 70.5 Å². The second-order valence-corrected chi connectivity index (χ2v) is 4.77. The molecule has 2 N–H and O–H groups in total. The first-order valence-electron chi connectivity index (χ1n) is 5.84. The Morgan fingerprint density at radius 1 is 1.00 bits per heavy atom. The molecule has 0 aliphatic carbocycles. The van der Waals surface area contributed by atoms with Gasteiger partial charge in [0.1, 0.15) is 5.82 Å². The lowest BCUT2D eigenvalue weighted by atomic mass is 9.85. The SMILES string of the molecule is Cc1ccc(C(C)(N)c2cccc(F)c2)c(F)c1F. The Balaban J connectivity index is 2.60. The Labute approximate surface area is 109 Å². The fourth-order valence-electron chi connectivity index (χ4n) is 2.01. The summed E-state index contributed by atoms with van der Waals surface area (Å²) in [5, 5.41) is 0. The second-order valence-electron chi connectivity index (χ2n) is 4.77. The summed E-state index contributed by atoms with van der Waals surface area (Å²) in [6.45, 7) is 2.99. The Kier molecular flexibility index (Phi) is 3.37. The molecule has 0 saturated carbocycles. The molecule has 0 aliphatic rings. The van der Waals surface area contributed by atoms with E-state index in [0.717, 1.165) is 0 Å². The highest BCUT2D eigenvalue weighted by molar-refractivity contribution is 5.39. The van der Waals surface area contributed by atoms with Crippen LogP contribution in [0.15, 0.2) is 36.4 Å². The summed E-state index contributed by atoms with van der Waals surface area (Å²) in [7, 11) is 0. The van der Waals surface area contributed by atoms with E-state index in [1.807, 2.05) is 0 Å². The Bertz CT molecular complexity index is 621. The van der Waals surface area contributed by atoms with Crippen LogP contribution in [0.3, 0.4) is 0 Å². The van der Waals surface area contributed by atoms with Crippen LogP contribution < -0.4 is 5.73 Å². The van der Waals surface area contributed by atoms with Gasteiger partial charge in [-0.05, 0) is 37.1 Å². The molecule has 2 aromatic carbocycles. The van der Waals surface area contributed by atoms with Crippen LogP contribution in [0.1, 0.15) is 23.6 Å². The second kappa shape index (κ2) is 4.70. The maximum absolute atomic E-state index is 14.0. The van der Waals surface area contributed by atoms with E-state index >= 15 is 0 Å². The van der Waals surface area contributed by atoms with Crippen molar-refractivity contribution < 1.29 is 13.2 Å². The van der Waals surface area contributed by atoms with Crippen LogP contribution in [0.4, 0.5) is 13.2 Å². The molecular weight excluding hydrogens is 251 g/mol. The fourth-order valence-corrected chi connectivity index (χ4v) is 2.01. The third-order valence-corrected chi connectivity index (χ3v) is 3.26. The monoisotopic (exact) mass is 265 g/mol. The standard InChI is InChI=1S/C15H14F3N/c1-9-6-7-12(14(18)13(9)17)15(2,19)10-4-3-5-11(16)8-10/h3-8H,19H2,1-2H3. The summed E-state index contributed by atoms with van der Waals surface area (Å²) < 4.78 is 40.8. The van der Waals surface area contributed by atoms with E-state index in [4.69, 9.17) is 5.73 Å². The van der Waals surface area contributed by atoms with Gasteiger partial charge in [-0.2, -0.15) is 0 Å². The molecule has 0 bridgehead atoms. The van der Waals surface area contributed by atoms with Crippen LogP contribution in [-0.2, 0) is 5.54 Å². The van der Waals surface area contributed by atoms with Gasteiger partial charge in [0.15, 0.2) is 11.6 Å². The first kappa shape index (κ1) is 13.6. The maximum Gasteiger partial charge on any atom is 0.164 e. The zero-order valence-electron chi connectivity index (χ0n) is 10.7. The van der Waals surface area contributed by atoms with Crippen LogP contribution in [0.25, 0.3) is 0 Å². The highest BCUT2D eigenvalue weighted by Gasteiger charge is 2.29. The Hall–Kier alpha value is -1.81. The minimum Gasteiger partial charge on any atom is -0.318 e. The summed E-state index contributed by atoms with van der Waals surface area (Å²) in [4.78, 5) is 0. The zero-order valence-corrected chi connectivity index (χ0v) is 10.7. The maximum atomic E-state index is 14.0. The zero-order chi connectivity index (χ0) is 14.2. The van der Waals surface area contributed by atoms with Crippen molar-refractivity contribution in [2.24, 2.45) is 5.73 Å². The molecule has 100 valence electrons. The average molecular weight is 265 g/mol. The number of hydrogen-bond acceptors (Lipinski definition) is 1. The van der Waals surface area contributed by atoms with Gasteiger partial charge in [-0.1, -0.05) is 24.3 Å². The van der Waals surface area contributed by atoms with E-state index in [9.17, 15) is 13.2 Å². The largest absolute Gasteiger partial charge is 0.318 e. The van der Waals surface area contributed by atoms with E-state index in [1.54, 1.807) is 6.07 Å². The van der Waals surface area contributed by atoms with E-state index in [-0.39, 0.29) is 11.1 Å². The van der Waals surface area contributed by atoms with Gasteiger partial charge in [0.05, 0.1) is 5.54 Å². The quantitative estimate of drug-likeness (QED) is 0.881. The first-order chi connectivity index (χ1) is 8.84. The molecule has 1 unspecified atom stereocenters. The molecule has 1 nitrogen and oxygen atoms in total. The van der Waals surface area contributed by atoms with Crippen molar-refractivity contribution in [1.29, 1.82) is 0 Å². The minimum atomic E-state index is -1.30. The normalized spacial score (nSPS) is 14.2. The molecule has 19 heavy (non-hydrogen) atoms. The molecule has 4 heteroatoms. The van der Waals surface area contributed by atoms with Gasteiger partial charge in [-0.25, -0.2) is 13.2 Å². The summed E-state index contributed by atoms with van der Waals surface area (Å²) in [5.41, 5.74) is 5.36. The number of rotatable bonds is 2. The summed E-state index contributed by atoms with van der Waals surface area (Å²) in [6.07, 6.45) is 0. The molecule has 0 radical (unpaired) electrons. The first-order valence-corrected chi connectivity index (χ1v) is 5.84. The van der Waals surface area contributed by atoms with E-state index in [0.29, 0.717) is 5.56 Å². The number of nitrogens with two attached hydrogens (primary N) is 1. The molecule has 0 spiro atoms. The van der Waals surface area contributed by atoms with Crippen molar-refractivity contribution in [1.82, 2.24) is 0 Å². The summed E-state index contributed by atoms with van der Waals surface area (Å²) in [5.74, 6) is -2.39. The molecule has 0 heterocycles. The van der Waals surface area contributed by atoms with Crippen LogP contribution in [0, 0.1) is 24.4 Å². The van der Waals surface area contributed by atoms with Gasteiger partial charge in [0.25, 0.3) is 0 Å². The molecule has 2 aromatic rings. The average Bonchev–Trinajstić information content (AvgIpc) is 2.36. The smallest absolute Gasteiger partial charge is 0.164 e. The highest BCUT2D eigenvalue weighted by atomic mass is 19.2. The predicted octanol–water partition coefficient (Wildman–Crippen LogP) is 3.63. The Morgan fingerprint density at radius 2 is 1.68 bits per heavy atom. The topological polar surface area (TPSA) is 26.0 Å². The molecule has 0 amide bonds. The van der Waals surface area contributed by atoms with E-state index in [2.05, 4.69) is 0 Å². The molecule has 0 saturated heterocycles. The van der Waals surface area contributed by atoms with Crippen molar-refractivity contribution >= 4 is 0 Å². The lowest BCUT2D eigenvalue weighted by molar-refractivity contribution is 0.463. The van der Waals surface area contributed by atoms with Crippen molar-refractivity contribution in [2.75, 3.05) is 0 Å². The number of halogens is 3. The highest BCUT2D eigenvalue weighted by Crippen LogP contribution is 2.30. The van der Waals surface area contributed by atoms with Crippen molar-refractivity contribution in [3.8, 4) is 0 Å². The van der Waals surface area contributed by atoms with Gasteiger partial charge in [0, 0.05) is 5.56 Å². The third-order valence-electron chi connectivity index (χ3n) is 3.26. The minimum absolute atomic E-state index is 0.00111. The molecule has 2 rings (SSSR count). The third kappa shape index (κ3) is 2.36. The van der Waals surface area contributed by atoms with Gasteiger partial charge in [0.2, 0.25) is 0 Å². The van der Waals surface area contributed by atoms with Crippen molar-refractivity contribution in [2.45, 2.75) is 19.4 Å². The lowest BCUT2D eigenvalue weighted by Gasteiger charge is -2.26. The van der Waals surface area contributed by atoms with Crippen LogP contribution in [-0.4, -0.2) is 0 Å². The summed E-state index contributed by atoms with van der Waals surface area (Å²) in [6, 6.07) is 8.44. The van der Waals surface area contributed by atoms with Crippen LogP contribution in [0.5, 0.6) is 0 Å². The molecule has 1 atom stereocenters. The van der Waals surface area contributed by atoms with Gasteiger partial charge < -0.3 is 5.73 Å². The predicted molar refractivity (Wildman–Crippen MR) is 68.1 cm³/mol. The fraction of sp³-hybridized carbons (Fsp3) is 0.200. The molecule has 0 fully saturated rings. The van der Waals surface area contributed by atoms with Crippen LogP contribution >= 0.6 is 0 Å². The molecule has 0 aromatic heterocycles. The Morgan fingerprint density at radius 3 is 2.32 bits per heavy atom. The van der Waals surface area contributed by atoms with Gasteiger partial charge in [-0.3, -0.25) is 0 Å². The number of aryl methyl sites for hydroxylation is 1. The van der Waals surface area contributed by atoms with Crippen molar-refractivity contribution in [3.63, 3.8) is 0 Å². The van der Waals surface area contributed by atoms with Gasteiger partial charge in [-0.15, -0.1) is 0 Å². The van der Waals surface area contributed by atoms with E-state index in [1.165, 1.54) is 44.2 Å². The summed E-state index contributed by atoms with van der Waals surface area (Å²) >= 11 is 0. The van der Waals surface area contributed by atoms with Crippen LogP contribution in [0.2, 0.25) is 0 Å². The number of hydrogen-bond donors (Lipinski definition) is 1. The molecular formula is C15H14F3N. The van der Waals surface area contributed by atoms with Gasteiger partial charge >= 0.3 is 0 Å². The molecule has 0 aliphatic heterocycles.